The van der Waals surface area contributed by atoms with Gasteiger partial charge in [-0.2, -0.15) is 0 Å². The molecule has 0 aromatic carbocycles. The number of hydrogen-bond donors (Lipinski definition) is 2. The highest BCUT2D eigenvalue weighted by molar-refractivity contribution is 5.67. The average molecular weight is 631 g/mol. The van der Waals surface area contributed by atoms with E-state index in [1.54, 1.807) is 0 Å². The summed E-state index contributed by atoms with van der Waals surface area (Å²) in [5.41, 5.74) is 0. The van der Waals surface area contributed by atoms with Gasteiger partial charge in [-0.1, -0.05) is 107 Å². The topological polar surface area (TPSA) is 74.6 Å². The molecule has 0 spiro atoms. The Labute approximate surface area is 276 Å². The minimum absolute atomic E-state index is 0.0628. The minimum atomic E-state index is -0.870. The van der Waals surface area contributed by atoms with E-state index in [9.17, 15) is 9.59 Å². The Morgan fingerprint density at radius 1 is 0.341 bits per heavy atom. The maximum absolute atomic E-state index is 9.90. The molecule has 0 atom stereocenters. The van der Waals surface area contributed by atoms with E-state index >= 15 is 0 Å². The first-order valence-electron chi connectivity index (χ1n) is 19.2. The number of carboxylic acids is 2. The van der Waals surface area contributed by atoms with Crippen molar-refractivity contribution < 1.29 is 28.8 Å². The quantitative estimate of drug-likeness (QED) is 0.0637. The van der Waals surface area contributed by atoms with Crippen molar-refractivity contribution in [3.05, 3.63) is 0 Å². The summed E-state index contributed by atoms with van der Waals surface area (Å²) in [4.78, 5) is 19.8. The normalized spacial score (nSPS) is 11.4. The molecule has 0 bridgehead atoms. The van der Waals surface area contributed by atoms with Crippen molar-refractivity contribution in [3.8, 4) is 0 Å². The number of aliphatic carboxylic acids is 2. The van der Waals surface area contributed by atoms with Crippen LogP contribution in [-0.4, -0.2) is 83.5 Å². The average Bonchev–Trinajstić information content (AvgIpc) is 3.02. The molecular formula is C38H82N2O4+2. The van der Waals surface area contributed by atoms with E-state index in [1.165, 1.54) is 164 Å². The summed E-state index contributed by atoms with van der Waals surface area (Å²) in [7, 11) is 0. The van der Waals surface area contributed by atoms with Gasteiger partial charge in [-0.15, -0.1) is 0 Å². The Morgan fingerprint density at radius 3 is 0.614 bits per heavy atom. The third kappa shape index (κ3) is 30.9. The lowest BCUT2D eigenvalue weighted by atomic mass is 10.1. The fourth-order valence-corrected chi connectivity index (χ4v) is 5.84. The SMILES string of the molecule is CCCC[N+](CCCC)(CCCC)CCCC.CCCC[N+](CCCC)(CCCC)CCCC.O=C(O)CCCCC(=O)O. The molecule has 0 aliphatic carbocycles. The smallest absolute Gasteiger partial charge is 0.303 e. The number of carboxylic acid groups (broad SMARTS) is 2. The van der Waals surface area contributed by atoms with E-state index in [0.29, 0.717) is 12.8 Å². The number of hydrogen-bond acceptors (Lipinski definition) is 2. The monoisotopic (exact) mass is 631 g/mol. The lowest BCUT2D eigenvalue weighted by molar-refractivity contribution is -0.929. The molecule has 2 N–H and O–H groups in total. The molecule has 0 aromatic rings. The minimum Gasteiger partial charge on any atom is -0.481 e. The highest BCUT2D eigenvalue weighted by atomic mass is 16.4. The second-order valence-corrected chi connectivity index (χ2v) is 13.3. The Bertz CT molecular complexity index is 485. The molecule has 0 unspecified atom stereocenters. The van der Waals surface area contributed by atoms with Crippen molar-refractivity contribution in [2.75, 3.05) is 52.4 Å². The highest BCUT2D eigenvalue weighted by Crippen LogP contribution is 2.17. The fourth-order valence-electron chi connectivity index (χ4n) is 5.84. The Hall–Kier alpha value is -1.14. The van der Waals surface area contributed by atoms with E-state index in [1.807, 2.05) is 0 Å². The highest BCUT2D eigenvalue weighted by Gasteiger charge is 2.25. The summed E-state index contributed by atoms with van der Waals surface area (Å²) >= 11 is 0. The molecule has 0 fully saturated rings. The molecule has 0 aromatic heterocycles. The number of carbonyl (C=O) groups is 2. The zero-order valence-corrected chi connectivity index (χ0v) is 31.4. The number of quaternary nitrogens is 2. The molecule has 0 rings (SSSR count). The van der Waals surface area contributed by atoms with Gasteiger partial charge in [-0.3, -0.25) is 9.59 Å². The van der Waals surface area contributed by atoms with Gasteiger partial charge in [0.05, 0.1) is 52.4 Å². The van der Waals surface area contributed by atoms with Crippen LogP contribution in [0.1, 0.15) is 184 Å². The van der Waals surface area contributed by atoms with Crippen LogP contribution in [0, 0.1) is 0 Å². The predicted molar refractivity (Wildman–Crippen MR) is 192 cm³/mol. The van der Waals surface area contributed by atoms with Crippen LogP contribution < -0.4 is 0 Å². The Balaban J connectivity index is -0.000000594. The van der Waals surface area contributed by atoms with Crippen LogP contribution in [0.25, 0.3) is 0 Å². The Morgan fingerprint density at radius 2 is 0.500 bits per heavy atom. The van der Waals surface area contributed by atoms with Crippen LogP contribution >= 0.6 is 0 Å². The summed E-state index contributed by atoms with van der Waals surface area (Å²) < 4.78 is 2.84. The van der Waals surface area contributed by atoms with Crippen molar-refractivity contribution >= 4 is 11.9 Å². The van der Waals surface area contributed by atoms with Crippen LogP contribution in [0.4, 0.5) is 0 Å². The van der Waals surface area contributed by atoms with Crippen LogP contribution in [0.15, 0.2) is 0 Å². The molecule has 0 saturated carbocycles. The Kier molecular flexibility index (Phi) is 37.3. The summed E-state index contributed by atoms with van der Waals surface area (Å²) in [5, 5.41) is 16.3. The van der Waals surface area contributed by atoms with Gasteiger partial charge < -0.3 is 19.2 Å². The lowest BCUT2D eigenvalue weighted by Gasteiger charge is -2.39. The van der Waals surface area contributed by atoms with Crippen molar-refractivity contribution in [1.82, 2.24) is 0 Å². The standard InChI is InChI=1S/2C16H36N.C6H10O4/c2*1-5-9-13-17(14-10-6-2,15-11-7-3)16-12-8-4;7-5(8)3-1-2-4-6(9)10/h2*5-16H2,1-4H3;1-4H2,(H,7,8)(H,9,10)/q2*+1;. The number of unbranched alkanes of at least 4 members (excludes halogenated alkanes) is 9. The number of nitrogens with zero attached hydrogens (tertiary/aromatic N) is 2. The van der Waals surface area contributed by atoms with E-state index in [4.69, 9.17) is 10.2 Å². The van der Waals surface area contributed by atoms with Crippen molar-refractivity contribution in [2.24, 2.45) is 0 Å². The van der Waals surface area contributed by atoms with E-state index in [2.05, 4.69) is 55.4 Å². The van der Waals surface area contributed by atoms with Crippen LogP contribution in [0.3, 0.4) is 0 Å². The molecular weight excluding hydrogens is 548 g/mol. The van der Waals surface area contributed by atoms with Crippen molar-refractivity contribution in [2.45, 2.75) is 184 Å². The third-order valence-electron chi connectivity index (χ3n) is 8.92. The van der Waals surface area contributed by atoms with E-state index < -0.39 is 11.9 Å². The molecule has 0 saturated heterocycles. The van der Waals surface area contributed by atoms with Gasteiger partial charge in [-0.05, 0) is 64.2 Å². The van der Waals surface area contributed by atoms with Gasteiger partial charge in [0, 0.05) is 12.8 Å². The summed E-state index contributed by atoms with van der Waals surface area (Å²) in [5.74, 6) is -1.74. The largest absolute Gasteiger partial charge is 0.481 e. The molecule has 6 nitrogen and oxygen atoms in total. The van der Waals surface area contributed by atoms with Gasteiger partial charge in [-0.25, -0.2) is 0 Å². The molecule has 266 valence electrons. The predicted octanol–water partition coefficient (Wildman–Crippen LogP) is 10.7. The first-order valence-corrected chi connectivity index (χ1v) is 19.2. The second-order valence-electron chi connectivity index (χ2n) is 13.3. The maximum atomic E-state index is 9.90. The first-order chi connectivity index (χ1) is 21.1. The second kappa shape index (κ2) is 34.7. The summed E-state index contributed by atoms with van der Waals surface area (Å²) in [6, 6.07) is 0. The van der Waals surface area contributed by atoms with Gasteiger partial charge in [0.2, 0.25) is 0 Å². The summed E-state index contributed by atoms with van der Waals surface area (Å²) in [6.45, 7) is 30.0. The maximum Gasteiger partial charge on any atom is 0.303 e. The van der Waals surface area contributed by atoms with Crippen molar-refractivity contribution in [3.63, 3.8) is 0 Å². The van der Waals surface area contributed by atoms with E-state index in [-0.39, 0.29) is 12.8 Å². The zero-order valence-electron chi connectivity index (χ0n) is 31.4. The molecule has 0 aliphatic heterocycles. The molecule has 44 heavy (non-hydrogen) atoms. The fraction of sp³-hybridized carbons (Fsp3) is 0.947. The van der Waals surface area contributed by atoms with E-state index in [0.717, 1.165) is 0 Å². The van der Waals surface area contributed by atoms with Crippen LogP contribution in [-0.2, 0) is 9.59 Å². The first kappa shape index (κ1) is 47.3. The lowest BCUT2D eigenvalue weighted by Crippen LogP contribution is -2.50. The van der Waals surface area contributed by atoms with Crippen molar-refractivity contribution in [1.29, 1.82) is 0 Å². The molecule has 6 heteroatoms. The van der Waals surface area contributed by atoms with Gasteiger partial charge >= 0.3 is 11.9 Å². The van der Waals surface area contributed by atoms with Gasteiger partial charge in [0.15, 0.2) is 0 Å². The molecule has 0 aliphatic rings. The zero-order chi connectivity index (χ0) is 34.0. The van der Waals surface area contributed by atoms with Crippen LogP contribution in [0.2, 0.25) is 0 Å². The molecule has 0 heterocycles. The molecule has 0 radical (unpaired) electrons. The third-order valence-corrected chi connectivity index (χ3v) is 8.92. The van der Waals surface area contributed by atoms with Gasteiger partial charge in [0.25, 0.3) is 0 Å². The van der Waals surface area contributed by atoms with Crippen LogP contribution in [0.5, 0.6) is 0 Å². The number of rotatable bonds is 29. The van der Waals surface area contributed by atoms with Gasteiger partial charge in [0.1, 0.15) is 0 Å². The summed E-state index contributed by atoms with van der Waals surface area (Å²) in [6.07, 6.45) is 23.1. The molecule has 0 amide bonds.